The van der Waals surface area contributed by atoms with Crippen LogP contribution in [-0.4, -0.2) is 42.6 Å². The molecule has 0 fully saturated rings. The second-order valence-electron chi connectivity index (χ2n) is 6.88. The Balaban J connectivity index is 1.56. The van der Waals surface area contributed by atoms with E-state index in [-0.39, 0.29) is 17.8 Å². The summed E-state index contributed by atoms with van der Waals surface area (Å²) in [7, 11) is 3.09. The number of nitro groups is 1. The Morgan fingerprint density at radius 3 is 2.58 bits per heavy atom. The van der Waals surface area contributed by atoms with Crippen molar-refractivity contribution in [2.24, 2.45) is 0 Å². The van der Waals surface area contributed by atoms with Gasteiger partial charge in [-0.05, 0) is 36.8 Å². The molecular weight excluding hydrogens is 450 g/mol. The highest BCUT2D eigenvalue weighted by atomic mass is 32.1. The third-order valence-electron chi connectivity index (χ3n) is 4.50. The molecule has 33 heavy (non-hydrogen) atoms. The summed E-state index contributed by atoms with van der Waals surface area (Å²) in [6.07, 6.45) is -0.123. The molecule has 0 atom stereocenters. The molecular formula is C22H21N3O7S. The van der Waals surface area contributed by atoms with E-state index in [0.29, 0.717) is 27.8 Å². The number of rotatable bonds is 9. The van der Waals surface area contributed by atoms with Gasteiger partial charge in [-0.1, -0.05) is 6.07 Å². The van der Waals surface area contributed by atoms with Gasteiger partial charge in [-0.15, -0.1) is 11.3 Å². The zero-order chi connectivity index (χ0) is 24.0. The first-order valence-corrected chi connectivity index (χ1v) is 10.6. The Kier molecular flexibility index (Phi) is 7.57. The number of aromatic nitrogens is 1. The highest BCUT2D eigenvalue weighted by molar-refractivity contribution is 7.13. The van der Waals surface area contributed by atoms with Crippen molar-refractivity contribution in [3.8, 4) is 22.1 Å². The summed E-state index contributed by atoms with van der Waals surface area (Å²) in [5.74, 6) is -0.172. The minimum atomic E-state index is -0.681. The van der Waals surface area contributed by atoms with Crippen LogP contribution in [0.2, 0.25) is 0 Å². The monoisotopic (exact) mass is 471 g/mol. The molecule has 0 saturated heterocycles. The van der Waals surface area contributed by atoms with Crippen LogP contribution >= 0.6 is 11.3 Å². The number of aryl methyl sites for hydroxylation is 1. The van der Waals surface area contributed by atoms with Crippen molar-refractivity contribution in [3.63, 3.8) is 0 Å². The fraction of sp³-hybridized carbons (Fsp3) is 0.227. The van der Waals surface area contributed by atoms with Crippen LogP contribution in [0.3, 0.4) is 0 Å². The fourth-order valence-corrected chi connectivity index (χ4v) is 3.74. The lowest BCUT2D eigenvalue weighted by molar-refractivity contribution is -0.384. The van der Waals surface area contributed by atoms with E-state index < -0.39 is 23.4 Å². The van der Waals surface area contributed by atoms with Gasteiger partial charge in [0.2, 0.25) is 0 Å². The number of thiazole rings is 1. The molecule has 10 nitrogen and oxygen atoms in total. The van der Waals surface area contributed by atoms with E-state index >= 15 is 0 Å². The van der Waals surface area contributed by atoms with Crippen molar-refractivity contribution in [3.05, 3.63) is 63.1 Å². The van der Waals surface area contributed by atoms with Crippen molar-refractivity contribution in [2.45, 2.75) is 13.3 Å². The summed E-state index contributed by atoms with van der Waals surface area (Å²) in [4.78, 5) is 39.2. The number of benzene rings is 2. The molecule has 11 heteroatoms. The summed E-state index contributed by atoms with van der Waals surface area (Å²) in [6.45, 7) is 1.13. The standard InChI is InChI=1S/C22H21N3O7S/c1-13-4-6-16(17(8-13)25(28)29)24-20(26)11-32-21(27)10-15-12-33-22(23-15)14-5-7-18(30-2)19(9-14)31-3/h4-9,12H,10-11H2,1-3H3,(H,24,26). The minimum Gasteiger partial charge on any atom is -0.493 e. The lowest BCUT2D eigenvalue weighted by Gasteiger charge is -2.08. The lowest BCUT2D eigenvalue weighted by Crippen LogP contribution is -2.22. The average Bonchev–Trinajstić information content (AvgIpc) is 3.26. The first-order valence-electron chi connectivity index (χ1n) is 9.68. The Bertz CT molecular complexity index is 1190. The molecule has 1 aromatic heterocycles. The summed E-state index contributed by atoms with van der Waals surface area (Å²) in [5, 5.41) is 15.9. The van der Waals surface area contributed by atoms with Gasteiger partial charge in [0.1, 0.15) is 10.7 Å². The molecule has 0 aliphatic carbocycles. The van der Waals surface area contributed by atoms with Crippen LogP contribution in [-0.2, 0) is 20.7 Å². The van der Waals surface area contributed by atoms with Gasteiger partial charge in [0.25, 0.3) is 11.6 Å². The number of hydrogen-bond donors (Lipinski definition) is 1. The van der Waals surface area contributed by atoms with Crippen molar-refractivity contribution in [2.75, 3.05) is 26.1 Å². The van der Waals surface area contributed by atoms with Gasteiger partial charge >= 0.3 is 5.97 Å². The molecule has 0 spiro atoms. The van der Waals surface area contributed by atoms with Gasteiger partial charge in [0.05, 0.1) is 31.3 Å². The van der Waals surface area contributed by atoms with Crippen LogP contribution in [0, 0.1) is 17.0 Å². The van der Waals surface area contributed by atoms with E-state index in [4.69, 9.17) is 14.2 Å². The van der Waals surface area contributed by atoms with Crippen LogP contribution in [0.4, 0.5) is 11.4 Å². The summed E-state index contributed by atoms with van der Waals surface area (Å²) in [5.41, 5.74) is 1.77. The second-order valence-corrected chi connectivity index (χ2v) is 7.74. The predicted octanol–water partition coefficient (Wildman–Crippen LogP) is 3.77. The van der Waals surface area contributed by atoms with Gasteiger partial charge in [-0.2, -0.15) is 0 Å². The maximum absolute atomic E-state index is 12.1. The van der Waals surface area contributed by atoms with Crippen molar-refractivity contribution < 1.29 is 28.7 Å². The van der Waals surface area contributed by atoms with Crippen molar-refractivity contribution in [1.29, 1.82) is 0 Å². The van der Waals surface area contributed by atoms with Gasteiger partial charge in [0, 0.05) is 17.0 Å². The molecule has 2 aromatic carbocycles. The molecule has 172 valence electrons. The SMILES string of the molecule is COc1ccc(-c2nc(CC(=O)OCC(=O)Nc3ccc(C)cc3[N+](=O)[O-])cs2)cc1OC. The number of nitro benzene ring substituents is 1. The van der Waals surface area contributed by atoms with E-state index in [2.05, 4.69) is 10.3 Å². The zero-order valence-corrected chi connectivity index (χ0v) is 18.9. The molecule has 0 aliphatic heterocycles. The summed E-state index contributed by atoms with van der Waals surface area (Å²) in [6, 6.07) is 9.79. The Morgan fingerprint density at radius 1 is 1.12 bits per heavy atom. The van der Waals surface area contributed by atoms with Crippen LogP contribution < -0.4 is 14.8 Å². The number of ether oxygens (including phenoxy) is 3. The van der Waals surface area contributed by atoms with Gasteiger partial charge in [-0.3, -0.25) is 19.7 Å². The number of anilines is 1. The molecule has 1 heterocycles. The maximum Gasteiger partial charge on any atom is 0.312 e. The fourth-order valence-electron chi connectivity index (χ4n) is 2.92. The summed E-state index contributed by atoms with van der Waals surface area (Å²) < 4.78 is 15.5. The number of methoxy groups -OCH3 is 2. The van der Waals surface area contributed by atoms with Gasteiger partial charge in [0.15, 0.2) is 18.1 Å². The van der Waals surface area contributed by atoms with Crippen LogP contribution in [0.1, 0.15) is 11.3 Å². The van der Waals surface area contributed by atoms with E-state index in [9.17, 15) is 19.7 Å². The number of hydrogen-bond acceptors (Lipinski definition) is 9. The third kappa shape index (κ3) is 6.04. The minimum absolute atomic E-state index is 0.0331. The average molecular weight is 471 g/mol. The number of amides is 1. The molecule has 0 unspecified atom stereocenters. The maximum atomic E-state index is 12.1. The van der Waals surface area contributed by atoms with Crippen molar-refractivity contribution in [1.82, 2.24) is 4.98 Å². The first-order chi connectivity index (χ1) is 15.8. The number of nitrogens with one attached hydrogen (secondary N) is 1. The molecule has 3 rings (SSSR count). The molecule has 3 aromatic rings. The van der Waals surface area contributed by atoms with E-state index in [1.54, 1.807) is 37.6 Å². The Hall–Kier alpha value is -3.99. The molecule has 0 bridgehead atoms. The molecule has 1 N–H and O–H groups in total. The smallest absolute Gasteiger partial charge is 0.312 e. The largest absolute Gasteiger partial charge is 0.493 e. The van der Waals surface area contributed by atoms with Crippen LogP contribution in [0.25, 0.3) is 10.6 Å². The van der Waals surface area contributed by atoms with Gasteiger partial charge < -0.3 is 19.5 Å². The van der Waals surface area contributed by atoms with E-state index in [1.807, 2.05) is 6.07 Å². The molecule has 0 radical (unpaired) electrons. The Labute approximate surface area is 193 Å². The number of esters is 1. The first kappa shape index (κ1) is 23.7. The molecule has 1 amide bonds. The molecule has 0 saturated carbocycles. The number of nitrogens with zero attached hydrogens (tertiary/aromatic N) is 2. The number of carbonyl (C=O) groups excluding carboxylic acids is 2. The van der Waals surface area contributed by atoms with E-state index in [0.717, 1.165) is 5.56 Å². The predicted molar refractivity (Wildman–Crippen MR) is 122 cm³/mol. The lowest BCUT2D eigenvalue weighted by atomic mass is 10.2. The van der Waals surface area contributed by atoms with Crippen molar-refractivity contribution >= 4 is 34.6 Å². The Morgan fingerprint density at radius 2 is 1.88 bits per heavy atom. The second kappa shape index (κ2) is 10.6. The van der Waals surface area contributed by atoms with E-state index in [1.165, 1.54) is 30.6 Å². The van der Waals surface area contributed by atoms with Gasteiger partial charge in [-0.25, -0.2) is 4.98 Å². The number of carbonyl (C=O) groups is 2. The zero-order valence-electron chi connectivity index (χ0n) is 18.1. The quantitative estimate of drug-likeness (QED) is 0.284. The summed E-state index contributed by atoms with van der Waals surface area (Å²) >= 11 is 1.35. The normalized spacial score (nSPS) is 10.4. The topological polar surface area (TPSA) is 130 Å². The highest BCUT2D eigenvalue weighted by Crippen LogP contribution is 2.33. The molecule has 0 aliphatic rings. The highest BCUT2D eigenvalue weighted by Gasteiger charge is 2.18. The van der Waals surface area contributed by atoms with Crippen LogP contribution in [0.15, 0.2) is 41.8 Å². The van der Waals surface area contributed by atoms with Crippen LogP contribution in [0.5, 0.6) is 11.5 Å². The third-order valence-corrected chi connectivity index (χ3v) is 5.44.